The third kappa shape index (κ3) is 7.45. The van der Waals surface area contributed by atoms with Crippen LogP contribution in [0.1, 0.15) is 150 Å². The molecule has 10 rings (SSSR count). The zero-order valence-corrected chi connectivity index (χ0v) is 36.0. The average Bonchev–Trinajstić information content (AvgIpc) is 2.98. The van der Waals surface area contributed by atoms with Crippen LogP contribution in [0.25, 0.3) is 0 Å². The maximum absolute atomic E-state index is 7.14. The molecule has 276 valence electrons. The fourth-order valence-electron chi connectivity index (χ4n) is 7.41. The Kier molecular flexibility index (Phi) is 9.51. The molecule has 4 aromatic carbocycles. The predicted octanol–water partition coefficient (Wildman–Crippen LogP) is 14.0. The average molecular weight is 778 g/mol. The Hall–Kier alpha value is -2.48. The molecule has 0 unspecified atom stereocenters. The zero-order valence-electron chi connectivity index (χ0n) is 32.7. The van der Waals surface area contributed by atoms with Crippen molar-refractivity contribution in [1.29, 1.82) is 0 Å². The highest BCUT2D eigenvalue weighted by Gasteiger charge is 2.34. The Balaban J connectivity index is 1.63. The molecule has 0 fully saturated rings. The van der Waals surface area contributed by atoms with E-state index in [1.54, 1.807) is 0 Å². The minimum atomic E-state index is -1.83. The Bertz CT molecular complexity index is 1790. The predicted molar refractivity (Wildman–Crippen MR) is 220 cm³/mol. The molecule has 0 amide bonds. The van der Waals surface area contributed by atoms with Gasteiger partial charge in [0, 0.05) is 25.7 Å². The summed E-state index contributed by atoms with van der Waals surface area (Å²) in [5.41, 5.74) is 13.3. The molecule has 5 aliphatic heterocycles. The Labute approximate surface area is 323 Å². The summed E-state index contributed by atoms with van der Waals surface area (Å²) in [5.74, 6) is 3.17. The van der Waals surface area contributed by atoms with Gasteiger partial charge in [0.1, 0.15) is 23.0 Å². The number of benzene rings is 4. The van der Waals surface area contributed by atoms with Gasteiger partial charge in [-0.15, -0.1) is 0 Å². The maximum Gasteiger partial charge on any atom is 0.401 e. The van der Waals surface area contributed by atoms with Gasteiger partial charge < -0.3 is 18.1 Å². The molecule has 4 nitrogen and oxygen atoms in total. The molecule has 5 heterocycles. The highest BCUT2D eigenvalue weighted by Crippen LogP contribution is 2.56. The van der Waals surface area contributed by atoms with E-state index in [0.29, 0.717) is 25.7 Å². The summed E-state index contributed by atoms with van der Waals surface area (Å²) >= 11 is 14.3. The van der Waals surface area contributed by atoms with Crippen molar-refractivity contribution in [3.8, 4) is 23.0 Å². The molecule has 0 saturated carbocycles. The lowest BCUT2D eigenvalue weighted by Crippen LogP contribution is -2.18. The van der Waals surface area contributed by atoms with Crippen LogP contribution in [-0.2, 0) is 47.3 Å². The number of halogens is 2. The van der Waals surface area contributed by atoms with Gasteiger partial charge in [-0.25, -0.2) is 0 Å². The molecular weight excluding hydrogens is 725 g/mol. The molecule has 0 N–H and O–H groups in total. The fraction of sp³-hybridized carbons (Fsp3) is 0.455. The third-order valence-electron chi connectivity index (χ3n) is 10.6. The van der Waals surface area contributed by atoms with Gasteiger partial charge in [-0.05, 0) is 111 Å². The molecule has 1 aliphatic carbocycles. The van der Waals surface area contributed by atoms with E-state index in [9.17, 15) is 0 Å². The smallest absolute Gasteiger partial charge is 0.401 e. The quantitative estimate of drug-likeness (QED) is 0.147. The van der Waals surface area contributed by atoms with Crippen LogP contribution in [0.15, 0.2) is 48.5 Å². The third-order valence-corrected chi connectivity index (χ3v) is 12.7. The molecule has 0 saturated heterocycles. The summed E-state index contributed by atoms with van der Waals surface area (Å²) < 4.78 is 26.9. The van der Waals surface area contributed by atoms with Gasteiger partial charge in [-0.3, -0.25) is 0 Å². The van der Waals surface area contributed by atoms with Gasteiger partial charge in [0.25, 0.3) is 0 Å². The fourth-order valence-corrected chi connectivity index (χ4v) is 9.83. The van der Waals surface area contributed by atoms with Crippen LogP contribution in [-0.4, -0.2) is 0 Å². The SMILES string of the molecule is CC(C)(C)c1cc2c3c(c1)Cc1cc(C(C)(C)C)cc4c1OP(Cl)Oc1c(cc(C(C)(C)C)cc1Cc1cc(C(C)(C)C)cc(c1OP(Cl)O3)C2)C4. The van der Waals surface area contributed by atoms with Crippen molar-refractivity contribution in [3.63, 3.8) is 0 Å². The zero-order chi connectivity index (χ0) is 37.7. The van der Waals surface area contributed by atoms with Gasteiger partial charge >= 0.3 is 15.5 Å². The van der Waals surface area contributed by atoms with Gasteiger partial charge in [-0.2, -0.15) is 0 Å². The summed E-state index contributed by atoms with van der Waals surface area (Å²) in [6, 6.07) is 18.4. The molecule has 52 heavy (non-hydrogen) atoms. The number of rotatable bonds is 0. The largest absolute Gasteiger partial charge is 0.427 e. The van der Waals surface area contributed by atoms with Crippen molar-refractivity contribution in [3.05, 3.63) is 115 Å². The standard InChI is InChI=1S/C44H52Cl2O4P2/c1-41(2,3)33-17-25-13-26-18-34(42(4,5)6)23-31-16-32-24-36(44(10,11)12)20-28-14-27-19-35(43(7,8)9)22-30(39(27)49-52(46)50-40(28)32)15-29(21-33)37(25)47-51(45)48-38(26)31/h17-24H,13-16H2,1-12H3. The summed E-state index contributed by atoms with van der Waals surface area (Å²) in [6.45, 7) is 27.2. The molecule has 0 spiro atoms. The van der Waals surface area contributed by atoms with Crippen molar-refractivity contribution in [2.24, 2.45) is 0 Å². The Morgan fingerprint density at radius 2 is 0.500 bits per heavy atom. The van der Waals surface area contributed by atoms with Gasteiger partial charge in [0.15, 0.2) is 0 Å². The maximum atomic E-state index is 7.14. The molecule has 0 radical (unpaired) electrons. The van der Waals surface area contributed by atoms with E-state index in [1.165, 1.54) is 22.3 Å². The van der Waals surface area contributed by atoms with Crippen LogP contribution >= 0.6 is 37.9 Å². The van der Waals surface area contributed by atoms with E-state index in [4.69, 9.17) is 40.6 Å². The van der Waals surface area contributed by atoms with Crippen LogP contribution in [0.4, 0.5) is 0 Å². The monoisotopic (exact) mass is 776 g/mol. The lowest BCUT2D eigenvalue weighted by molar-refractivity contribution is 0.478. The minimum Gasteiger partial charge on any atom is -0.427 e. The number of hydrogen-bond acceptors (Lipinski definition) is 4. The second-order valence-electron chi connectivity index (χ2n) is 19.0. The molecule has 12 bridgehead atoms. The van der Waals surface area contributed by atoms with E-state index in [1.807, 2.05) is 0 Å². The second-order valence-corrected chi connectivity index (χ2v) is 22.2. The first-order chi connectivity index (χ1) is 24.0. The van der Waals surface area contributed by atoms with Crippen LogP contribution in [0.2, 0.25) is 0 Å². The first-order valence-electron chi connectivity index (χ1n) is 18.3. The summed E-state index contributed by atoms with van der Waals surface area (Å²) in [6.07, 6.45) is 2.44. The number of hydrogen-bond donors (Lipinski definition) is 0. The van der Waals surface area contributed by atoms with Crippen molar-refractivity contribution < 1.29 is 18.1 Å². The summed E-state index contributed by atoms with van der Waals surface area (Å²) in [4.78, 5) is 0. The van der Waals surface area contributed by atoms with Crippen molar-refractivity contribution in [1.82, 2.24) is 0 Å². The van der Waals surface area contributed by atoms with E-state index < -0.39 is 15.5 Å². The first-order valence-corrected chi connectivity index (χ1v) is 22.5. The topological polar surface area (TPSA) is 36.9 Å². The van der Waals surface area contributed by atoms with E-state index in [2.05, 4.69) is 132 Å². The lowest BCUT2D eigenvalue weighted by Gasteiger charge is -2.32. The second kappa shape index (κ2) is 13.1. The van der Waals surface area contributed by atoms with Gasteiger partial charge in [-0.1, -0.05) is 132 Å². The molecular formula is C44H52Cl2O4P2. The highest BCUT2D eigenvalue weighted by molar-refractivity contribution is 7.77. The molecule has 0 atom stereocenters. The normalized spacial score (nSPS) is 18.5. The first kappa shape index (κ1) is 37.8. The van der Waals surface area contributed by atoms with Crippen LogP contribution in [0.3, 0.4) is 0 Å². The van der Waals surface area contributed by atoms with E-state index in [-0.39, 0.29) is 21.7 Å². The highest BCUT2D eigenvalue weighted by atomic mass is 35.7. The molecule has 6 aliphatic rings. The molecule has 4 aromatic rings. The Morgan fingerprint density at radius 3 is 0.635 bits per heavy atom. The van der Waals surface area contributed by atoms with Gasteiger partial charge in [0.2, 0.25) is 0 Å². The van der Waals surface area contributed by atoms with Gasteiger partial charge in [0.05, 0.1) is 0 Å². The minimum absolute atomic E-state index is 0.1000. The van der Waals surface area contributed by atoms with Crippen molar-refractivity contribution >= 4 is 37.9 Å². The summed E-state index contributed by atoms with van der Waals surface area (Å²) in [5, 5.41) is 0. The van der Waals surface area contributed by atoms with E-state index >= 15 is 0 Å². The molecule has 0 aromatic heterocycles. The van der Waals surface area contributed by atoms with Crippen molar-refractivity contribution in [2.45, 2.75) is 130 Å². The van der Waals surface area contributed by atoms with E-state index in [0.717, 1.165) is 67.5 Å². The van der Waals surface area contributed by atoms with Crippen LogP contribution in [0, 0.1) is 0 Å². The molecule has 8 heteroatoms. The lowest BCUT2D eigenvalue weighted by atomic mass is 9.79. The van der Waals surface area contributed by atoms with Crippen LogP contribution in [0.5, 0.6) is 23.0 Å². The van der Waals surface area contributed by atoms with Crippen LogP contribution < -0.4 is 18.1 Å². The summed E-state index contributed by atoms with van der Waals surface area (Å²) in [7, 11) is -3.66. The Morgan fingerprint density at radius 1 is 0.346 bits per heavy atom. The van der Waals surface area contributed by atoms with Crippen molar-refractivity contribution in [2.75, 3.05) is 0 Å².